The van der Waals surface area contributed by atoms with Crippen molar-refractivity contribution in [3.8, 4) is 0 Å². The standard InChI is InChI=1S/C15H21N3O3/c1-21-10-9-18-8-7-16-13(15(18)20)11-14(19)17-12-5-3-2-4-6-12/h2-6,13,16H,7-11H2,1H3,(H,17,19). The zero-order chi connectivity index (χ0) is 15.1. The maximum absolute atomic E-state index is 12.2. The lowest BCUT2D eigenvalue weighted by molar-refractivity contribution is -0.138. The number of amides is 2. The minimum absolute atomic E-state index is 0.0403. The molecule has 1 aliphatic heterocycles. The van der Waals surface area contributed by atoms with Gasteiger partial charge in [-0.25, -0.2) is 0 Å². The summed E-state index contributed by atoms with van der Waals surface area (Å²) in [5, 5.41) is 5.89. The lowest BCUT2D eigenvalue weighted by Crippen LogP contribution is -2.56. The Morgan fingerprint density at radius 2 is 2.19 bits per heavy atom. The van der Waals surface area contributed by atoms with E-state index in [4.69, 9.17) is 4.74 Å². The number of methoxy groups -OCH3 is 1. The van der Waals surface area contributed by atoms with Crippen LogP contribution in [0.1, 0.15) is 6.42 Å². The van der Waals surface area contributed by atoms with E-state index < -0.39 is 6.04 Å². The molecular formula is C15H21N3O3. The summed E-state index contributed by atoms with van der Waals surface area (Å²) in [6, 6.07) is 8.77. The first-order valence-corrected chi connectivity index (χ1v) is 7.06. The van der Waals surface area contributed by atoms with Crippen molar-refractivity contribution in [2.75, 3.05) is 38.7 Å². The lowest BCUT2D eigenvalue weighted by Gasteiger charge is -2.32. The van der Waals surface area contributed by atoms with Gasteiger partial charge in [0.2, 0.25) is 11.8 Å². The minimum atomic E-state index is -0.459. The number of carbonyl (C=O) groups excluding carboxylic acids is 2. The SMILES string of the molecule is COCCN1CCNC(CC(=O)Nc2ccccc2)C1=O. The highest BCUT2D eigenvalue weighted by molar-refractivity contribution is 5.95. The highest BCUT2D eigenvalue weighted by Crippen LogP contribution is 2.09. The van der Waals surface area contributed by atoms with Crippen LogP contribution in [0, 0.1) is 0 Å². The molecule has 114 valence electrons. The van der Waals surface area contributed by atoms with Crippen LogP contribution in [0.25, 0.3) is 0 Å². The Kier molecular flexibility index (Phi) is 5.71. The maximum atomic E-state index is 12.2. The molecule has 0 spiro atoms. The monoisotopic (exact) mass is 291 g/mol. The quantitative estimate of drug-likeness (QED) is 0.799. The van der Waals surface area contributed by atoms with Crippen LogP contribution < -0.4 is 10.6 Å². The number of benzene rings is 1. The molecule has 21 heavy (non-hydrogen) atoms. The van der Waals surface area contributed by atoms with Gasteiger partial charge in [0.25, 0.3) is 0 Å². The van der Waals surface area contributed by atoms with Crippen LogP contribution in [0.5, 0.6) is 0 Å². The van der Waals surface area contributed by atoms with Crippen LogP contribution in [0.15, 0.2) is 30.3 Å². The number of piperazine rings is 1. The van der Waals surface area contributed by atoms with Crippen LogP contribution in [0.2, 0.25) is 0 Å². The molecule has 1 aromatic carbocycles. The number of hydrogen-bond acceptors (Lipinski definition) is 4. The van der Waals surface area contributed by atoms with E-state index in [9.17, 15) is 9.59 Å². The largest absolute Gasteiger partial charge is 0.383 e. The number of ether oxygens (including phenoxy) is 1. The molecule has 1 aliphatic rings. The summed E-state index contributed by atoms with van der Waals surface area (Å²) in [4.78, 5) is 26.0. The molecule has 1 heterocycles. The molecule has 2 N–H and O–H groups in total. The van der Waals surface area contributed by atoms with Crippen LogP contribution in [0.3, 0.4) is 0 Å². The molecule has 0 aromatic heterocycles. The number of rotatable bonds is 6. The van der Waals surface area contributed by atoms with Gasteiger partial charge in [0, 0.05) is 32.4 Å². The van der Waals surface area contributed by atoms with Crippen molar-refractivity contribution < 1.29 is 14.3 Å². The van der Waals surface area contributed by atoms with E-state index in [1.165, 1.54) is 0 Å². The molecule has 2 rings (SSSR count). The Labute approximate surface area is 124 Å². The summed E-state index contributed by atoms with van der Waals surface area (Å²) < 4.78 is 4.99. The van der Waals surface area contributed by atoms with E-state index in [0.717, 1.165) is 5.69 Å². The fourth-order valence-electron chi connectivity index (χ4n) is 2.29. The molecule has 0 aliphatic carbocycles. The van der Waals surface area contributed by atoms with Gasteiger partial charge in [0.05, 0.1) is 19.1 Å². The Balaban J connectivity index is 1.86. The molecular weight excluding hydrogens is 270 g/mol. The van der Waals surface area contributed by atoms with Crippen molar-refractivity contribution in [1.29, 1.82) is 0 Å². The number of anilines is 1. The van der Waals surface area contributed by atoms with Crippen molar-refractivity contribution in [3.05, 3.63) is 30.3 Å². The zero-order valence-corrected chi connectivity index (χ0v) is 12.2. The third-order valence-corrected chi connectivity index (χ3v) is 3.39. The van der Waals surface area contributed by atoms with E-state index in [1.54, 1.807) is 12.0 Å². The first-order chi connectivity index (χ1) is 10.2. The van der Waals surface area contributed by atoms with Gasteiger partial charge >= 0.3 is 0 Å². The molecule has 1 aromatic rings. The van der Waals surface area contributed by atoms with E-state index in [0.29, 0.717) is 26.2 Å². The average Bonchev–Trinajstić information content (AvgIpc) is 2.49. The summed E-state index contributed by atoms with van der Waals surface area (Å²) in [7, 11) is 1.61. The highest BCUT2D eigenvalue weighted by atomic mass is 16.5. The summed E-state index contributed by atoms with van der Waals surface area (Å²) in [6.45, 7) is 2.42. The number of hydrogen-bond donors (Lipinski definition) is 2. The van der Waals surface area contributed by atoms with Gasteiger partial charge in [0.15, 0.2) is 0 Å². The first-order valence-electron chi connectivity index (χ1n) is 7.06. The fourth-order valence-corrected chi connectivity index (χ4v) is 2.29. The topological polar surface area (TPSA) is 70.7 Å². The molecule has 0 saturated carbocycles. The summed E-state index contributed by atoms with van der Waals surface area (Å²) in [5.41, 5.74) is 0.738. The summed E-state index contributed by atoms with van der Waals surface area (Å²) >= 11 is 0. The second kappa shape index (κ2) is 7.75. The van der Waals surface area contributed by atoms with Crippen LogP contribution in [0.4, 0.5) is 5.69 Å². The van der Waals surface area contributed by atoms with E-state index in [2.05, 4.69) is 10.6 Å². The average molecular weight is 291 g/mol. The number of carbonyl (C=O) groups is 2. The molecule has 2 amide bonds. The van der Waals surface area contributed by atoms with Gasteiger partial charge < -0.3 is 20.3 Å². The summed E-state index contributed by atoms with van der Waals surface area (Å²) in [5.74, 6) is -0.206. The molecule has 6 nitrogen and oxygen atoms in total. The van der Waals surface area contributed by atoms with Crippen molar-refractivity contribution in [3.63, 3.8) is 0 Å². The summed E-state index contributed by atoms with van der Waals surface area (Å²) in [6.07, 6.45) is 0.136. The molecule has 0 bridgehead atoms. The number of para-hydroxylation sites is 1. The second-order valence-electron chi connectivity index (χ2n) is 4.94. The van der Waals surface area contributed by atoms with Crippen LogP contribution in [-0.4, -0.2) is 56.1 Å². The molecule has 1 fully saturated rings. The molecule has 6 heteroatoms. The fraction of sp³-hybridized carbons (Fsp3) is 0.467. The van der Waals surface area contributed by atoms with Gasteiger partial charge in [-0.05, 0) is 12.1 Å². The van der Waals surface area contributed by atoms with Gasteiger partial charge in [-0.1, -0.05) is 18.2 Å². The highest BCUT2D eigenvalue weighted by Gasteiger charge is 2.29. The van der Waals surface area contributed by atoms with Crippen molar-refractivity contribution in [2.24, 2.45) is 0 Å². The van der Waals surface area contributed by atoms with Crippen LogP contribution in [-0.2, 0) is 14.3 Å². The zero-order valence-electron chi connectivity index (χ0n) is 12.2. The van der Waals surface area contributed by atoms with Crippen molar-refractivity contribution >= 4 is 17.5 Å². The van der Waals surface area contributed by atoms with Gasteiger partial charge in [-0.2, -0.15) is 0 Å². The normalized spacial score (nSPS) is 18.6. The molecule has 1 atom stereocenters. The predicted octanol–water partition coefficient (Wildman–Crippen LogP) is 0.462. The second-order valence-corrected chi connectivity index (χ2v) is 4.94. The van der Waals surface area contributed by atoms with Gasteiger partial charge in [0.1, 0.15) is 0 Å². The molecule has 1 unspecified atom stereocenters. The smallest absolute Gasteiger partial charge is 0.240 e. The maximum Gasteiger partial charge on any atom is 0.240 e. The molecule has 0 radical (unpaired) electrons. The Bertz CT molecular complexity index is 478. The lowest BCUT2D eigenvalue weighted by atomic mass is 10.1. The Morgan fingerprint density at radius 3 is 2.90 bits per heavy atom. The van der Waals surface area contributed by atoms with E-state index in [1.807, 2.05) is 30.3 Å². The third kappa shape index (κ3) is 4.54. The van der Waals surface area contributed by atoms with Crippen molar-refractivity contribution in [2.45, 2.75) is 12.5 Å². The van der Waals surface area contributed by atoms with Gasteiger partial charge in [-0.3, -0.25) is 9.59 Å². The Hall–Kier alpha value is -1.92. The first kappa shape index (κ1) is 15.5. The van der Waals surface area contributed by atoms with E-state index in [-0.39, 0.29) is 18.2 Å². The predicted molar refractivity (Wildman–Crippen MR) is 79.9 cm³/mol. The van der Waals surface area contributed by atoms with Crippen molar-refractivity contribution in [1.82, 2.24) is 10.2 Å². The third-order valence-electron chi connectivity index (χ3n) is 3.39. The van der Waals surface area contributed by atoms with Gasteiger partial charge in [-0.15, -0.1) is 0 Å². The Morgan fingerprint density at radius 1 is 1.43 bits per heavy atom. The molecule has 1 saturated heterocycles. The number of nitrogens with one attached hydrogen (secondary N) is 2. The minimum Gasteiger partial charge on any atom is -0.383 e. The number of nitrogens with zero attached hydrogens (tertiary/aromatic N) is 1. The van der Waals surface area contributed by atoms with E-state index >= 15 is 0 Å². The van der Waals surface area contributed by atoms with Crippen LogP contribution >= 0.6 is 0 Å².